The van der Waals surface area contributed by atoms with Gasteiger partial charge in [-0.2, -0.15) is 0 Å². The zero-order chi connectivity index (χ0) is 29.7. The summed E-state index contributed by atoms with van der Waals surface area (Å²) in [5.41, 5.74) is -0.521. The molecule has 0 heterocycles. The van der Waals surface area contributed by atoms with Gasteiger partial charge in [0.2, 0.25) is 0 Å². The van der Waals surface area contributed by atoms with E-state index in [1.807, 2.05) is 60.6 Å². The molecule has 0 amide bonds. The lowest BCUT2D eigenvalue weighted by atomic mass is 9.63. The molecule has 0 atom stereocenters. The number of benzene rings is 1. The highest BCUT2D eigenvalue weighted by atomic mass is 127. The molecule has 4 nitrogen and oxygen atoms in total. The van der Waals surface area contributed by atoms with Gasteiger partial charge in [0.15, 0.2) is 0 Å². The Morgan fingerprint density at radius 3 is 1.68 bits per heavy atom. The number of aliphatic hydroxyl groups is 1. The van der Waals surface area contributed by atoms with Crippen LogP contribution in [0, 0.1) is 11.7 Å². The number of hydrogen-bond acceptors (Lipinski definition) is 4. The normalized spacial score (nSPS) is 13.4. The Kier molecular flexibility index (Phi) is 21.3. The standard InChI is InChI=1S/C15H21BFO2.C10H22B2O2.2C2H6.HI/c1-14(2,18)15(3,4)19-16-11-7-8-12(10-5-6-10)13(17)9-11;1-8(2)10(6,7)14-12-11-13-9(3,4)5;2*1-2;/h7-10,18H,5-6H2,1-4H3;8H,1-7H3;2*1-2H3;1H. The highest BCUT2D eigenvalue weighted by Gasteiger charge is 2.36. The van der Waals surface area contributed by atoms with Gasteiger partial charge in [0.1, 0.15) is 5.82 Å². The van der Waals surface area contributed by atoms with Crippen LogP contribution in [-0.4, -0.2) is 49.7 Å². The lowest BCUT2D eigenvalue weighted by Gasteiger charge is -2.37. The number of halogens is 2. The predicted octanol–water partition coefficient (Wildman–Crippen LogP) is 7.59. The summed E-state index contributed by atoms with van der Waals surface area (Å²) >= 11 is 0. The molecule has 1 aliphatic carbocycles. The van der Waals surface area contributed by atoms with Gasteiger partial charge >= 0.3 is 7.48 Å². The summed E-state index contributed by atoms with van der Waals surface area (Å²) in [4.78, 5) is 0. The zero-order valence-corrected chi connectivity index (χ0v) is 29.3. The topological polar surface area (TPSA) is 47.9 Å². The SMILES string of the molecule is CC.CC.CC(C)(O)C(C)(C)O[B]c1ccc(C2CC2)c(F)c1.CC(C)C(C)(C)O[B][B]OC(C)(C)C.I. The van der Waals surface area contributed by atoms with Crippen LogP contribution in [0.2, 0.25) is 0 Å². The third-order valence-electron chi connectivity index (χ3n) is 6.24. The highest BCUT2D eigenvalue weighted by molar-refractivity contribution is 14.0. The Bertz CT molecular complexity index is 744. The van der Waals surface area contributed by atoms with Crippen molar-refractivity contribution in [3.63, 3.8) is 0 Å². The van der Waals surface area contributed by atoms with Crippen LogP contribution in [0.15, 0.2) is 18.2 Å². The zero-order valence-electron chi connectivity index (χ0n) is 27.0. The van der Waals surface area contributed by atoms with Crippen LogP contribution in [0.5, 0.6) is 0 Å². The monoisotopic (exact) mass is 647 g/mol. The van der Waals surface area contributed by atoms with Crippen molar-refractivity contribution in [1.29, 1.82) is 0 Å². The second kappa shape index (κ2) is 19.1. The quantitative estimate of drug-likeness (QED) is 0.162. The van der Waals surface area contributed by atoms with Crippen molar-refractivity contribution < 1.29 is 23.5 Å². The molecule has 0 aliphatic heterocycles. The molecule has 219 valence electrons. The summed E-state index contributed by atoms with van der Waals surface area (Å²) in [5.74, 6) is 0.713. The first kappa shape index (κ1) is 42.4. The van der Waals surface area contributed by atoms with Crippen molar-refractivity contribution in [2.24, 2.45) is 5.92 Å². The fraction of sp³-hybridized carbons (Fsp3) is 0.793. The van der Waals surface area contributed by atoms with Gasteiger partial charge in [-0.25, -0.2) is 4.39 Å². The van der Waals surface area contributed by atoms with Crippen LogP contribution in [-0.2, 0) is 14.0 Å². The van der Waals surface area contributed by atoms with E-state index in [1.165, 1.54) is 13.5 Å². The van der Waals surface area contributed by atoms with Crippen LogP contribution in [0.3, 0.4) is 0 Å². The van der Waals surface area contributed by atoms with E-state index in [0.717, 1.165) is 18.4 Å². The van der Waals surface area contributed by atoms with Gasteiger partial charge in [0.05, 0.1) is 11.2 Å². The van der Waals surface area contributed by atoms with Crippen LogP contribution >= 0.6 is 24.0 Å². The maximum Gasteiger partial charge on any atom is 0.331 e. The lowest BCUT2D eigenvalue weighted by molar-refractivity contribution is -0.0893. The first-order valence-electron chi connectivity index (χ1n) is 13.9. The first-order chi connectivity index (χ1) is 16.9. The van der Waals surface area contributed by atoms with Gasteiger partial charge in [-0.15, -0.1) is 24.0 Å². The average Bonchev–Trinajstić information content (AvgIpc) is 3.62. The van der Waals surface area contributed by atoms with Crippen LogP contribution in [0.25, 0.3) is 0 Å². The molecule has 38 heavy (non-hydrogen) atoms. The van der Waals surface area contributed by atoms with Crippen molar-refractivity contribution in [1.82, 2.24) is 0 Å². The molecule has 0 spiro atoms. The van der Waals surface area contributed by atoms with Crippen LogP contribution in [0.4, 0.5) is 4.39 Å². The van der Waals surface area contributed by atoms with Crippen molar-refractivity contribution in [3.05, 3.63) is 29.6 Å². The van der Waals surface area contributed by atoms with Gasteiger partial charge in [0.25, 0.3) is 14.7 Å². The summed E-state index contributed by atoms with van der Waals surface area (Å²) in [6.45, 7) is 29.4. The fourth-order valence-electron chi connectivity index (χ4n) is 2.27. The maximum absolute atomic E-state index is 13.9. The van der Waals surface area contributed by atoms with E-state index in [4.69, 9.17) is 14.0 Å². The molecule has 2 rings (SSSR count). The molecule has 3 radical (unpaired) electrons. The molecule has 1 N–H and O–H groups in total. The van der Waals surface area contributed by atoms with Crippen molar-refractivity contribution >= 4 is 51.7 Å². The Hall–Kier alpha value is -0.0852. The minimum Gasteiger partial charge on any atom is -0.443 e. The average molecular weight is 647 g/mol. The largest absolute Gasteiger partial charge is 0.443 e. The first-order valence-corrected chi connectivity index (χ1v) is 13.9. The van der Waals surface area contributed by atoms with E-state index >= 15 is 0 Å². The van der Waals surface area contributed by atoms with E-state index in [2.05, 4.69) is 27.7 Å². The van der Waals surface area contributed by atoms with Crippen molar-refractivity contribution in [3.8, 4) is 0 Å². The molecule has 0 saturated heterocycles. The van der Waals surface area contributed by atoms with Crippen molar-refractivity contribution in [2.45, 2.75) is 145 Å². The molecule has 1 fully saturated rings. The van der Waals surface area contributed by atoms with Gasteiger partial charge in [0, 0.05) is 11.2 Å². The number of hydrogen-bond donors (Lipinski definition) is 1. The lowest BCUT2D eigenvalue weighted by Crippen LogP contribution is -2.49. The molecule has 9 heteroatoms. The molecule has 1 aromatic carbocycles. The number of rotatable bonds is 10. The summed E-state index contributed by atoms with van der Waals surface area (Å²) in [5, 5.41) is 9.98. The molecule has 1 saturated carbocycles. The summed E-state index contributed by atoms with van der Waals surface area (Å²) in [6, 6.07) is 5.19. The van der Waals surface area contributed by atoms with Gasteiger partial charge in [-0.3, -0.25) is 0 Å². The Balaban J connectivity index is -0.000000577. The van der Waals surface area contributed by atoms with E-state index < -0.39 is 11.2 Å². The minimum atomic E-state index is -0.976. The Labute approximate surface area is 254 Å². The third-order valence-corrected chi connectivity index (χ3v) is 6.24. The van der Waals surface area contributed by atoms with E-state index in [-0.39, 0.29) is 41.0 Å². The molecular formula is C29H56B3FIO4. The maximum atomic E-state index is 13.9. The Morgan fingerprint density at radius 2 is 1.32 bits per heavy atom. The minimum absolute atomic E-state index is 0. The van der Waals surface area contributed by atoms with Gasteiger partial charge in [-0.05, 0) is 98.6 Å². The molecule has 0 aromatic heterocycles. The summed E-state index contributed by atoms with van der Waals surface area (Å²) in [6.07, 6.45) is 2.17. The Morgan fingerprint density at radius 1 is 0.842 bits per heavy atom. The third kappa shape index (κ3) is 17.6. The summed E-state index contributed by atoms with van der Waals surface area (Å²) < 4.78 is 30.5. The summed E-state index contributed by atoms with van der Waals surface area (Å²) in [7, 11) is 4.76. The predicted molar refractivity (Wildman–Crippen MR) is 176 cm³/mol. The van der Waals surface area contributed by atoms with Gasteiger partial charge in [-0.1, -0.05) is 59.1 Å². The highest BCUT2D eigenvalue weighted by Crippen LogP contribution is 2.40. The second-order valence-electron chi connectivity index (χ2n) is 11.7. The fourth-order valence-corrected chi connectivity index (χ4v) is 2.27. The van der Waals surface area contributed by atoms with E-state index in [9.17, 15) is 9.50 Å². The molecular weight excluding hydrogens is 591 g/mol. The smallest absolute Gasteiger partial charge is 0.331 e. The van der Waals surface area contributed by atoms with Crippen LogP contribution < -0.4 is 5.46 Å². The molecule has 1 aliphatic rings. The second-order valence-corrected chi connectivity index (χ2v) is 11.7. The van der Waals surface area contributed by atoms with Crippen molar-refractivity contribution in [2.75, 3.05) is 0 Å². The van der Waals surface area contributed by atoms with Crippen LogP contribution in [0.1, 0.15) is 128 Å². The van der Waals surface area contributed by atoms with Gasteiger partial charge < -0.3 is 19.1 Å². The molecule has 0 unspecified atom stereocenters. The molecule has 0 bridgehead atoms. The van der Waals surface area contributed by atoms with E-state index in [0.29, 0.717) is 17.3 Å². The van der Waals surface area contributed by atoms with E-state index in [1.54, 1.807) is 42.4 Å². The molecule has 1 aromatic rings.